The number of rotatable bonds is 9. The number of para-hydroxylation sites is 1. The van der Waals surface area contributed by atoms with Gasteiger partial charge in [0.2, 0.25) is 0 Å². The zero-order chi connectivity index (χ0) is 47.5. The number of hydrogen-bond donors (Lipinski definition) is 0. The van der Waals surface area contributed by atoms with E-state index in [4.69, 9.17) is 0 Å². The second-order valence-electron chi connectivity index (χ2n) is 18.4. The maximum absolute atomic E-state index is 2.48. The third-order valence-electron chi connectivity index (χ3n) is 14.2. The van der Waals surface area contributed by atoms with Crippen LogP contribution in [0.2, 0.25) is 0 Å². The number of benzene rings is 12. The molecule has 0 radical (unpaired) electrons. The van der Waals surface area contributed by atoms with E-state index in [2.05, 4.69) is 277 Å². The monoisotopic (exact) mass is 952 g/mol. The molecule has 0 atom stereocenters. The van der Waals surface area contributed by atoms with Crippen molar-refractivity contribution in [2.45, 2.75) is 0 Å². The molecule has 0 saturated heterocycles. The zero-order valence-electron chi connectivity index (χ0n) is 39.1. The van der Waals surface area contributed by atoms with Crippen molar-refractivity contribution in [2.24, 2.45) is 0 Å². The molecule has 14 rings (SSSR count). The van der Waals surface area contributed by atoms with E-state index in [0.717, 1.165) is 45.3 Å². The fourth-order valence-corrected chi connectivity index (χ4v) is 13.1. The molecule has 0 saturated carbocycles. The highest BCUT2D eigenvalue weighted by Crippen LogP contribution is 2.50. The van der Waals surface area contributed by atoms with Gasteiger partial charge in [-0.3, -0.25) is 0 Å². The Hall–Kier alpha value is -8.80. The summed E-state index contributed by atoms with van der Waals surface area (Å²) in [6, 6.07) is 98.1. The second-order valence-corrected chi connectivity index (χ2v) is 20.6. The van der Waals surface area contributed by atoms with Crippen LogP contribution in [0.1, 0.15) is 0 Å². The maximum Gasteiger partial charge on any atom is 0.0555 e. The smallest absolute Gasteiger partial charge is 0.0555 e. The van der Waals surface area contributed by atoms with Gasteiger partial charge in [0.05, 0.1) is 17.1 Å². The molecule has 2 aromatic heterocycles. The third kappa shape index (κ3) is 7.23. The molecular weight excluding hydrogens is 909 g/mol. The predicted molar refractivity (Wildman–Crippen MR) is 313 cm³/mol. The van der Waals surface area contributed by atoms with Gasteiger partial charge in [0.1, 0.15) is 0 Å². The van der Waals surface area contributed by atoms with Gasteiger partial charge >= 0.3 is 0 Å². The highest BCUT2D eigenvalue weighted by Gasteiger charge is 2.24. The lowest BCUT2D eigenvalue weighted by Gasteiger charge is -2.30. The van der Waals surface area contributed by atoms with Crippen LogP contribution in [0.15, 0.2) is 267 Å². The van der Waals surface area contributed by atoms with Crippen molar-refractivity contribution in [3.63, 3.8) is 0 Å². The first-order valence-electron chi connectivity index (χ1n) is 24.5. The number of thiophene rings is 2. The van der Waals surface area contributed by atoms with Gasteiger partial charge in [0.25, 0.3) is 0 Å². The van der Waals surface area contributed by atoms with Crippen LogP contribution >= 0.6 is 22.7 Å². The summed E-state index contributed by atoms with van der Waals surface area (Å²) in [4.78, 5) is 4.94. The Morgan fingerprint density at radius 2 is 0.722 bits per heavy atom. The van der Waals surface area contributed by atoms with E-state index in [1.54, 1.807) is 0 Å². The van der Waals surface area contributed by atoms with Gasteiger partial charge in [-0.15, -0.1) is 22.7 Å². The standard InChI is InChI=1S/C68H44N2S2/c1-2-17-49-43-50(34-33-45(49)15-1)46-35-39-53(40-36-46)70(62-28-14-32-66-68(62)59-24-7-10-30-64(59)72-66)60-26-8-5-22-57(60)51-19-11-20-54(44-51)69(61-27-13-31-65-67(61)58-23-6-9-29-63(58)71-65)52-41-37-48(38-42-52)56-25-12-18-47-16-3-4-21-55(47)56/h1-44H. The average Bonchev–Trinajstić information content (AvgIpc) is 4.03. The number of nitrogens with zero attached hydrogens (tertiary/aromatic N) is 2. The van der Waals surface area contributed by atoms with Crippen LogP contribution in [0.4, 0.5) is 34.1 Å². The van der Waals surface area contributed by atoms with Gasteiger partial charge in [-0.2, -0.15) is 0 Å². The molecule has 4 heteroatoms. The molecule has 2 heterocycles. The highest BCUT2D eigenvalue weighted by molar-refractivity contribution is 7.26. The zero-order valence-corrected chi connectivity index (χ0v) is 40.7. The normalized spacial score (nSPS) is 11.6. The van der Waals surface area contributed by atoms with Crippen LogP contribution in [0, 0.1) is 0 Å². The lowest BCUT2D eigenvalue weighted by Crippen LogP contribution is -2.12. The first-order chi connectivity index (χ1) is 35.7. The Kier molecular flexibility index (Phi) is 10.3. The van der Waals surface area contributed by atoms with Crippen molar-refractivity contribution in [1.29, 1.82) is 0 Å². The van der Waals surface area contributed by atoms with Crippen molar-refractivity contribution in [3.8, 4) is 33.4 Å². The molecule has 338 valence electrons. The minimum absolute atomic E-state index is 1.08. The molecule has 0 aliphatic heterocycles. The summed E-state index contributed by atoms with van der Waals surface area (Å²) in [7, 11) is 0. The Balaban J connectivity index is 0.940. The van der Waals surface area contributed by atoms with Crippen LogP contribution in [0.3, 0.4) is 0 Å². The Labute approximate surface area is 426 Å². The molecule has 72 heavy (non-hydrogen) atoms. The topological polar surface area (TPSA) is 6.48 Å². The van der Waals surface area contributed by atoms with E-state index in [1.165, 1.54) is 84.1 Å². The van der Waals surface area contributed by atoms with Crippen molar-refractivity contribution < 1.29 is 0 Å². The summed E-state index contributed by atoms with van der Waals surface area (Å²) in [5.41, 5.74) is 13.7. The summed E-state index contributed by atoms with van der Waals surface area (Å²) < 4.78 is 5.10. The molecular formula is C68H44N2S2. The minimum atomic E-state index is 1.08. The van der Waals surface area contributed by atoms with Crippen molar-refractivity contribution in [2.75, 3.05) is 9.80 Å². The maximum atomic E-state index is 2.48. The fourth-order valence-electron chi connectivity index (χ4n) is 10.9. The SMILES string of the molecule is c1cc(-c2ccccc2N(c2ccc(-c3ccc4ccccc4c3)cc2)c2cccc3sc4ccccc4c23)cc(N(c2ccc(-c3cccc4ccccc34)cc2)c2cccc3sc4ccccc4c23)c1. The molecule has 0 fully saturated rings. The van der Waals surface area contributed by atoms with Crippen molar-refractivity contribution >= 4 is 119 Å². The van der Waals surface area contributed by atoms with E-state index in [0.29, 0.717) is 0 Å². The minimum Gasteiger partial charge on any atom is -0.310 e. The number of anilines is 6. The van der Waals surface area contributed by atoms with Gasteiger partial charge in [-0.25, -0.2) is 0 Å². The van der Waals surface area contributed by atoms with Crippen LogP contribution < -0.4 is 9.80 Å². The van der Waals surface area contributed by atoms with Gasteiger partial charge in [-0.05, 0) is 134 Å². The first-order valence-corrected chi connectivity index (χ1v) is 26.1. The molecule has 0 bridgehead atoms. The molecule has 2 nitrogen and oxygen atoms in total. The lowest BCUT2D eigenvalue weighted by molar-refractivity contribution is 1.29. The highest BCUT2D eigenvalue weighted by atomic mass is 32.1. The van der Waals surface area contributed by atoms with E-state index in [9.17, 15) is 0 Å². The van der Waals surface area contributed by atoms with E-state index >= 15 is 0 Å². The van der Waals surface area contributed by atoms with Crippen molar-refractivity contribution in [3.05, 3.63) is 267 Å². The molecule has 0 aliphatic rings. The van der Waals surface area contributed by atoms with Crippen LogP contribution in [0.25, 0.3) is 95.3 Å². The molecule has 0 amide bonds. The lowest BCUT2D eigenvalue weighted by atomic mass is 9.97. The molecule has 0 aliphatic carbocycles. The van der Waals surface area contributed by atoms with E-state index in [1.807, 2.05) is 22.7 Å². The molecule has 0 unspecified atom stereocenters. The predicted octanol–water partition coefficient (Wildman–Crippen LogP) is 20.7. The largest absolute Gasteiger partial charge is 0.310 e. The number of fused-ring (bicyclic) bond motifs is 8. The Morgan fingerprint density at radius 1 is 0.236 bits per heavy atom. The van der Waals surface area contributed by atoms with Gasteiger partial charge in [0, 0.05) is 63.0 Å². The molecule has 0 spiro atoms. The second kappa shape index (κ2) is 17.6. The van der Waals surface area contributed by atoms with Gasteiger partial charge in [-0.1, -0.05) is 182 Å². The molecule has 0 N–H and O–H groups in total. The van der Waals surface area contributed by atoms with E-state index < -0.39 is 0 Å². The molecule has 14 aromatic rings. The van der Waals surface area contributed by atoms with Crippen LogP contribution in [0.5, 0.6) is 0 Å². The summed E-state index contributed by atoms with van der Waals surface area (Å²) in [6.07, 6.45) is 0. The fraction of sp³-hybridized carbons (Fsp3) is 0. The molecule has 12 aromatic carbocycles. The van der Waals surface area contributed by atoms with Crippen molar-refractivity contribution in [1.82, 2.24) is 0 Å². The summed E-state index contributed by atoms with van der Waals surface area (Å²) in [5, 5.41) is 10.0. The summed E-state index contributed by atoms with van der Waals surface area (Å²) >= 11 is 3.71. The Morgan fingerprint density at radius 3 is 1.44 bits per heavy atom. The first kappa shape index (κ1) is 42.1. The van der Waals surface area contributed by atoms with E-state index in [-0.39, 0.29) is 0 Å². The average molecular weight is 953 g/mol. The van der Waals surface area contributed by atoms with Crippen LogP contribution in [-0.2, 0) is 0 Å². The van der Waals surface area contributed by atoms with Crippen LogP contribution in [-0.4, -0.2) is 0 Å². The summed E-state index contributed by atoms with van der Waals surface area (Å²) in [5.74, 6) is 0. The number of hydrogen-bond acceptors (Lipinski definition) is 4. The summed E-state index contributed by atoms with van der Waals surface area (Å²) in [6.45, 7) is 0. The Bertz CT molecular complexity index is 4350. The van der Waals surface area contributed by atoms with Gasteiger partial charge in [0.15, 0.2) is 0 Å². The van der Waals surface area contributed by atoms with Gasteiger partial charge < -0.3 is 9.80 Å². The quantitative estimate of drug-likeness (QED) is 0.142. The third-order valence-corrected chi connectivity index (χ3v) is 16.5.